The molecule has 0 radical (unpaired) electrons. The SMILES string of the molecule is CN1c2ccccc2C(=O)N2CCc3c(n(CC(=O)Nc4ncn[nH]4)c4ccccc34)C21. The molecule has 0 spiro atoms. The lowest BCUT2D eigenvalue weighted by atomic mass is 9.96. The molecule has 2 aromatic heterocycles. The first-order valence-corrected chi connectivity index (χ1v) is 10.5. The Morgan fingerprint density at radius 3 is 2.84 bits per heavy atom. The second kappa shape index (κ2) is 6.94. The average molecular weight is 427 g/mol. The molecular formula is C23H21N7O2. The number of hydrogen-bond donors (Lipinski definition) is 2. The van der Waals surface area contributed by atoms with Crippen LogP contribution in [0.3, 0.4) is 0 Å². The summed E-state index contributed by atoms with van der Waals surface area (Å²) in [5.74, 6) is 0.116. The van der Waals surface area contributed by atoms with Gasteiger partial charge in [-0.05, 0) is 30.2 Å². The zero-order valence-electron chi connectivity index (χ0n) is 17.4. The molecule has 1 atom stereocenters. The third-order valence-electron chi connectivity index (χ3n) is 6.38. The van der Waals surface area contributed by atoms with Crippen LogP contribution < -0.4 is 10.2 Å². The van der Waals surface area contributed by atoms with Crippen LogP contribution in [-0.4, -0.2) is 50.1 Å². The largest absolute Gasteiger partial charge is 0.349 e. The summed E-state index contributed by atoms with van der Waals surface area (Å²) in [6, 6.07) is 15.8. The number of hydrogen-bond acceptors (Lipinski definition) is 5. The second-order valence-corrected chi connectivity index (χ2v) is 8.10. The Hall–Kier alpha value is -4.14. The van der Waals surface area contributed by atoms with E-state index in [1.165, 1.54) is 11.9 Å². The molecule has 2 aromatic carbocycles. The summed E-state index contributed by atoms with van der Waals surface area (Å²) in [4.78, 5) is 34.3. The second-order valence-electron chi connectivity index (χ2n) is 8.10. The summed E-state index contributed by atoms with van der Waals surface area (Å²) >= 11 is 0. The van der Waals surface area contributed by atoms with E-state index in [1.807, 2.05) is 59.0 Å². The van der Waals surface area contributed by atoms with Crippen LogP contribution in [0.25, 0.3) is 10.9 Å². The number of H-pyrrole nitrogens is 1. The van der Waals surface area contributed by atoms with Gasteiger partial charge in [0.15, 0.2) is 0 Å². The first kappa shape index (κ1) is 18.6. The minimum absolute atomic E-state index is 0.0252. The molecule has 2 aliphatic heterocycles. The van der Waals surface area contributed by atoms with Crippen LogP contribution >= 0.6 is 0 Å². The normalized spacial score (nSPS) is 17.2. The van der Waals surface area contributed by atoms with Crippen LogP contribution in [0.1, 0.15) is 27.8 Å². The third-order valence-corrected chi connectivity index (χ3v) is 6.38. The van der Waals surface area contributed by atoms with Gasteiger partial charge in [0.1, 0.15) is 19.0 Å². The van der Waals surface area contributed by atoms with Gasteiger partial charge < -0.3 is 14.4 Å². The van der Waals surface area contributed by atoms with Crippen molar-refractivity contribution < 1.29 is 9.59 Å². The molecule has 0 saturated heterocycles. The number of rotatable bonds is 3. The zero-order valence-corrected chi connectivity index (χ0v) is 17.4. The number of amides is 2. The minimum Gasteiger partial charge on any atom is -0.349 e. The predicted octanol–water partition coefficient (Wildman–Crippen LogP) is 2.54. The Labute approximate surface area is 183 Å². The number of fused-ring (bicyclic) bond motifs is 6. The van der Waals surface area contributed by atoms with Crippen LogP contribution in [-0.2, 0) is 17.8 Å². The molecule has 0 aliphatic carbocycles. The number of nitrogens with one attached hydrogen (secondary N) is 2. The Balaban J connectivity index is 1.50. The number of nitrogens with zero attached hydrogens (tertiary/aromatic N) is 5. The lowest BCUT2D eigenvalue weighted by molar-refractivity contribution is -0.116. The van der Waals surface area contributed by atoms with Gasteiger partial charge in [0.25, 0.3) is 5.91 Å². The van der Waals surface area contributed by atoms with Gasteiger partial charge in [-0.2, -0.15) is 10.1 Å². The van der Waals surface area contributed by atoms with Crippen LogP contribution in [0.15, 0.2) is 54.9 Å². The van der Waals surface area contributed by atoms with Crippen molar-refractivity contribution in [1.29, 1.82) is 0 Å². The Morgan fingerprint density at radius 1 is 1.19 bits per heavy atom. The molecule has 4 heterocycles. The standard InChI is InChI=1S/C23H21N7O2/c1-28-17-8-4-3-7-16(17)22(32)29-11-10-15-14-6-2-5-9-18(14)30(20(15)21(28)29)12-19(31)26-23-24-13-25-27-23/h2-9,13,21H,10-12H2,1H3,(H2,24,25,26,27,31). The van der Waals surface area contributed by atoms with Crippen LogP contribution in [0, 0.1) is 0 Å². The van der Waals surface area contributed by atoms with Crippen LogP contribution in [0.5, 0.6) is 0 Å². The van der Waals surface area contributed by atoms with E-state index < -0.39 is 0 Å². The molecule has 0 fully saturated rings. The molecule has 2 aliphatic rings. The average Bonchev–Trinajstić information content (AvgIpc) is 3.43. The van der Waals surface area contributed by atoms with Crippen molar-refractivity contribution in [3.8, 4) is 0 Å². The van der Waals surface area contributed by atoms with E-state index in [2.05, 4.69) is 31.5 Å². The van der Waals surface area contributed by atoms with Crippen molar-refractivity contribution >= 4 is 34.4 Å². The quantitative estimate of drug-likeness (QED) is 0.524. The van der Waals surface area contributed by atoms with Crippen LogP contribution in [0.4, 0.5) is 11.6 Å². The highest BCUT2D eigenvalue weighted by Crippen LogP contribution is 2.44. The maximum Gasteiger partial charge on any atom is 0.257 e. The minimum atomic E-state index is -0.286. The first-order chi connectivity index (χ1) is 15.6. The molecule has 2 amide bonds. The van der Waals surface area contributed by atoms with Gasteiger partial charge in [-0.3, -0.25) is 14.9 Å². The van der Waals surface area contributed by atoms with Gasteiger partial charge in [-0.25, -0.2) is 5.10 Å². The van der Waals surface area contributed by atoms with Crippen molar-refractivity contribution in [2.75, 3.05) is 23.8 Å². The molecule has 6 rings (SSSR count). The van der Waals surface area contributed by atoms with E-state index in [0.29, 0.717) is 18.1 Å². The fourth-order valence-electron chi connectivity index (χ4n) is 5.06. The summed E-state index contributed by atoms with van der Waals surface area (Å²) in [6.45, 7) is 0.734. The van der Waals surface area contributed by atoms with Gasteiger partial charge in [0, 0.05) is 24.5 Å². The highest BCUT2D eigenvalue weighted by atomic mass is 16.2. The molecule has 0 bridgehead atoms. The number of anilines is 2. The van der Waals surface area contributed by atoms with Crippen molar-refractivity contribution in [2.45, 2.75) is 19.1 Å². The lowest BCUT2D eigenvalue weighted by Gasteiger charge is -2.46. The van der Waals surface area contributed by atoms with Gasteiger partial charge in [-0.15, -0.1) is 0 Å². The monoisotopic (exact) mass is 427 g/mol. The molecular weight excluding hydrogens is 406 g/mol. The number of aromatic nitrogens is 4. The van der Waals surface area contributed by atoms with Crippen molar-refractivity contribution in [3.05, 3.63) is 71.7 Å². The number of carbonyl (C=O) groups excluding carboxylic acids is 2. The highest BCUT2D eigenvalue weighted by molar-refractivity contribution is 6.02. The molecule has 32 heavy (non-hydrogen) atoms. The summed E-state index contributed by atoms with van der Waals surface area (Å²) in [7, 11) is 2.01. The molecule has 4 aromatic rings. The van der Waals surface area contributed by atoms with E-state index in [0.717, 1.165) is 28.7 Å². The molecule has 9 nitrogen and oxygen atoms in total. The van der Waals surface area contributed by atoms with Gasteiger partial charge in [0.2, 0.25) is 11.9 Å². The summed E-state index contributed by atoms with van der Waals surface area (Å²) < 4.78 is 2.03. The Bertz CT molecular complexity index is 1360. The van der Waals surface area contributed by atoms with Gasteiger partial charge in [0.05, 0.1) is 16.9 Å². The summed E-state index contributed by atoms with van der Waals surface area (Å²) in [5, 5.41) is 10.3. The fourth-order valence-corrected chi connectivity index (χ4v) is 5.06. The van der Waals surface area contributed by atoms with Gasteiger partial charge >= 0.3 is 0 Å². The van der Waals surface area contributed by atoms with E-state index in [9.17, 15) is 9.59 Å². The number of benzene rings is 2. The van der Waals surface area contributed by atoms with E-state index in [-0.39, 0.29) is 24.5 Å². The summed E-state index contributed by atoms with van der Waals surface area (Å²) in [6.07, 6.45) is 1.80. The van der Waals surface area contributed by atoms with E-state index in [4.69, 9.17) is 0 Å². The van der Waals surface area contributed by atoms with Crippen molar-refractivity contribution in [1.82, 2.24) is 24.6 Å². The number of aromatic amines is 1. The smallest absolute Gasteiger partial charge is 0.257 e. The van der Waals surface area contributed by atoms with E-state index in [1.54, 1.807) is 0 Å². The highest BCUT2D eigenvalue weighted by Gasteiger charge is 2.42. The molecule has 1 unspecified atom stereocenters. The topological polar surface area (TPSA) is 99.2 Å². The lowest BCUT2D eigenvalue weighted by Crippen LogP contribution is -2.51. The van der Waals surface area contributed by atoms with Gasteiger partial charge in [-0.1, -0.05) is 30.3 Å². The third kappa shape index (κ3) is 2.64. The maximum atomic E-state index is 13.4. The predicted molar refractivity (Wildman–Crippen MR) is 119 cm³/mol. The van der Waals surface area contributed by atoms with Crippen molar-refractivity contribution in [3.63, 3.8) is 0 Å². The molecule has 2 N–H and O–H groups in total. The van der Waals surface area contributed by atoms with Crippen LogP contribution in [0.2, 0.25) is 0 Å². The summed E-state index contributed by atoms with van der Waals surface area (Å²) in [5.41, 5.74) is 4.76. The molecule has 160 valence electrons. The number of para-hydroxylation sites is 2. The first-order valence-electron chi connectivity index (χ1n) is 10.5. The zero-order chi connectivity index (χ0) is 21.8. The Morgan fingerprint density at radius 2 is 2.00 bits per heavy atom. The molecule has 9 heteroatoms. The fraction of sp³-hybridized carbons (Fsp3) is 0.217. The van der Waals surface area contributed by atoms with E-state index >= 15 is 0 Å². The molecule has 0 saturated carbocycles. The Kier molecular flexibility index (Phi) is 4.04. The number of carbonyl (C=O) groups is 2. The maximum absolute atomic E-state index is 13.4. The van der Waals surface area contributed by atoms with Crippen molar-refractivity contribution in [2.24, 2.45) is 0 Å².